The molecule has 1 aliphatic rings. The van der Waals surface area contributed by atoms with Crippen molar-refractivity contribution < 1.29 is 9.50 Å². The predicted octanol–water partition coefficient (Wildman–Crippen LogP) is 1.72. The zero-order chi connectivity index (χ0) is 8.72. The molecule has 64 valence electrons. The van der Waals surface area contributed by atoms with Crippen LogP contribution in [0, 0.1) is 9.39 Å². The van der Waals surface area contributed by atoms with Crippen molar-refractivity contribution in [3.05, 3.63) is 27.1 Å². The van der Waals surface area contributed by atoms with Gasteiger partial charge in [-0.3, -0.25) is 0 Å². The van der Waals surface area contributed by atoms with Crippen LogP contribution in [0.2, 0.25) is 0 Å². The van der Waals surface area contributed by atoms with E-state index >= 15 is 0 Å². The standard InChI is InChI=1S/C8H7FINO/c9-5-3-7-4(1-6(5)10)2-8(12)11-7/h1,3,8,11-12H,2H2. The molecule has 0 amide bonds. The second-order valence-corrected chi connectivity index (χ2v) is 3.95. The van der Waals surface area contributed by atoms with Gasteiger partial charge >= 0.3 is 0 Å². The summed E-state index contributed by atoms with van der Waals surface area (Å²) >= 11 is 1.94. The van der Waals surface area contributed by atoms with Crippen LogP contribution >= 0.6 is 22.6 Å². The Morgan fingerprint density at radius 1 is 1.58 bits per heavy atom. The van der Waals surface area contributed by atoms with Crippen LogP contribution < -0.4 is 5.32 Å². The third-order valence-electron chi connectivity index (χ3n) is 1.88. The molecule has 1 atom stereocenters. The Kier molecular flexibility index (Phi) is 1.96. The quantitative estimate of drug-likeness (QED) is 0.709. The van der Waals surface area contributed by atoms with Gasteiger partial charge in [0.15, 0.2) is 0 Å². The van der Waals surface area contributed by atoms with Crippen molar-refractivity contribution >= 4 is 28.3 Å². The van der Waals surface area contributed by atoms with E-state index in [0.717, 1.165) is 5.56 Å². The van der Waals surface area contributed by atoms with E-state index in [2.05, 4.69) is 5.32 Å². The van der Waals surface area contributed by atoms with Crippen molar-refractivity contribution in [2.75, 3.05) is 5.32 Å². The molecule has 0 fully saturated rings. The molecule has 1 aromatic carbocycles. The number of rotatable bonds is 0. The Labute approximate surface area is 82.9 Å². The normalized spacial score (nSPS) is 20.4. The van der Waals surface area contributed by atoms with Gasteiger partial charge in [0.1, 0.15) is 12.0 Å². The number of hydrogen-bond acceptors (Lipinski definition) is 2. The minimum atomic E-state index is -0.558. The molecule has 1 aliphatic heterocycles. The van der Waals surface area contributed by atoms with E-state index in [0.29, 0.717) is 15.7 Å². The first-order chi connectivity index (χ1) is 5.66. The molecular weight excluding hydrogens is 272 g/mol. The van der Waals surface area contributed by atoms with Crippen molar-refractivity contribution in [2.45, 2.75) is 12.6 Å². The molecule has 0 bridgehead atoms. The molecule has 0 saturated heterocycles. The maximum absolute atomic E-state index is 13.0. The van der Waals surface area contributed by atoms with Crippen LogP contribution in [0.15, 0.2) is 12.1 Å². The van der Waals surface area contributed by atoms with Gasteiger partial charge < -0.3 is 10.4 Å². The largest absolute Gasteiger partial charge is 0.373 e. The zero-order valence-corrected chi connectivity index (χ0v) is 8.30. The molecule has 0 aromatic heterocycles. The third-order valence-corrected chi connectivity index (χ3v) is 2.71. The molecule has 0 radical (unpaired) electrons. The average molecular weight is 279 g/mol. The highest BCUT2D eigenvalue weighted by molar-refractivity contribution is 14.1. The summed E-state index contributed by atoms with van der Waals surface area (Å²) in [6, 6.07) is 3.18. The summed E-state index contributed by atoms with van der Waals surface area (Å²) in [5, 5.41) is 12.0. The van der Waals surface area contributed by atoms with Gasteiger partial charge in [0.05, 0.1) is 0 Å². The van der Waals surface area contributed by atoms with E-state index < -0.39 is 6.23 Å². The Balaban J connectivity index is 2.48. The topological polar surface area (TPSA) is 32.3 Å². The van der Waals surface area contributed by atoms with E-state index in [1.54, 1.807) is 6.07 Å². The molecule has 2 N–H and O–H groups in total. The maximum atomic E-state index is 13.0. The van der Waals surface area contributed by atoms with E-state index in [9.17, 15) is 9.50 Å². The number of fused-ring (bicyclic) bond motifs is 1. The summed E-state index contributed by atoms with van der Waals surface area (Å²) in [7, 11) is 0. The van der Waals surface area contributed by atoms with Crippen molar-refractivity contribution in [2.24, 2.45) is 0 Å². The molecule has 12 heavy (non-hydrogen) atoms. The average Bonchev–Trinajstić information content (AvgIpc) is 2.30. The van der Waals surface area contributed by atoms with E-state index in [4.69, 9.17) is 0 Å². The smallest absolute Gasteiger partial charge is 0.138 e. The van der Waals surface area contributed by atoms with Gasteiger partial charge in [0.2, 0.25) is 0 Å². The van der Waals surface area contributed by atoms with E-state index in [1.807, 2.05) is 22.6 Å². The Morgan fingerprint density at radius 3 is 3.08 bits per heavy atom. The van der Waals surface area contributed by atoms with Crippen LogP contribution in [0.3, 0.4) is 0 Å². The Bertz CT molecular complexity index is 298. The van der Waals surface area contributed by atoms with Crippen LogP contribution in [0.5, 0.6) is 0 Å². The second kappa shape index (κ2) is 2.85. The molecule has 0 spiro atoms. The number of benzene rings is 1. The number of nitrogens with one attached hydrogen (secondary N) is 1. The first kappa shape index (κ1) is 8.25. The lowest BCUT2D eigenvalue weighted by molar-refractivity contribution is 0.212. The lowest BCUT2D eigenvalue weighted by atomic mass is 10.1. The monoisotopic (exact) mass is 279 g/mol. The molecule has 0 saturated carbocycles. The molecule has 1 heterocycles. The highest BCUT2D eigenvalue weighted by Gasteiger charge is 2.19. The number of halogens is 2. The molecule has 2 rings (SSSR count). The first-order valence-electron chi connectivity index (χ1n) is 3.59. The lowest BCUT2D eigenvalue weighted by Gasteiger charge is -2.01. The van der Waals surface area contributed by atoms with Crippen molar-refractivity contribution in [1.29, 1.82) is 0 Å². The van der Waals surface area contributed by atoms with Crippen LogP contribution in [-0.2, 0) is 6.42 Å². The van der Waals surface area contributed by atoms with E-state index in [-0.39, 0.29) is 5.82 Å². The number of aliphatic hydroxyl groups excluding tert-OH is 1. The maximum Gasteiger partial charge on any atom is 0.138 e. The van der Waals surface area contributed by atoms with Gasteiger partial charge in [-0.1, -0.05) is 0 Å². The summed E-state index contributed by atoms with van der Waals surface area (Å²) in [6.45, 7) is 0. The SMILES string of the molecule is OC1Cc2cc(I)c(F)cc2N1. The molecule has 2 nitrogen and oxygen atoms in total. The molecule has 0 aliphatic carbocycles. The van der Waals surface area contributed by atoms with Crippen molar-refractivity contribution in [1.82, 2.24) is 0 Å². The molecular formula is C8H7FINO. The minimum Gasteiger partial charge on any atom is -0.373 e. The molecule has 1 unspecified atom stereocenters. The van der Waals surface area contributed by atoms with Crippen molar-refractivity contribution in [3.8, 4) is 0 Å². The summed E-state index contributed by atoms with van der Waals surface area (Å²) in [6.07, 6.45) is 0.00335. The zero-order valence-electron chi connectivity index (χ0n) is 6.14. The highest BCUT2D eigenvalue weighted by Crippen LogP contribution is 2.28. The van der Waals surface area contributed by atoms with Crippen LogP contribution in [0.4, 0.5) is 10.1 Å². The van der Waals surface area contributed by atoms with Gasteiger partial charge in [-0.05, 0) is 40.3 Å². The fourth-order valence-corrected chi connectivity index (χ4v) is 1.86. The van der Waals surface area contributed by atoms with Gasteiger partial charge in [-0.15, -0.1) is 0 Å². The summed E-state index contributed by atoms with van der Waals surface area (Å²) in [5.41, 5.74) is 1.69. The summed E-state index contributed by atoms with van der Waals surface area (Å²) < 4.78 is 13.6. The van der Waals surface area contributed by atoms with Crippen LogP contribution in [0.1, 0.15) is 5.56 Å². The molecule has 4 heteroatoms. The fraction of sp³-hybridized carbons (Fsp3) is 0.250. The van der Waals surface area contributed by atoms with Gasteiger partial charge in [-0.2, -0.15) is 0 Å². The number of hydrogen-bond donors (Lipinski definition) is 2. The fourth-order valence-electron chi connectivity index (χ4n) is 1.33. The number of anilines is 1. The van der Waals surface area contributed by atoms with E-state index in [1.165, 1.54) is 6.07 Å². The van der Waals surface area contributed by atoms with Gasteiger partial charge in [-0.25, -0.2) is 4.39 Å². The summed E-state index contributed by atoms with van der Waals surface area (Å²) in [4.78, 5) is 0. The van der Waals surface area contributed by atoms with Crippen LogP contribution in [-0.4, -0.2) is 11.3 Å². The predicted molar refractivity (Wildman–Crippen MR) is 52.5 cm³/mol. The Morgan fingerprint density at radius 2 is 2.33 bits per heavy atom. The van der Waals surface area contributed by atoms with Crippen LogP contribution in [0.25, 0.3) is 0 Å². The number of aliphatic hydroxyl groups is 1. The third kappa shape index (κ3) is 1.29. The Hall–Kier alpha value is -0.360. The summed E-state index contributed by atoms with van der Waals surface area (Å²) in [5.74, 6) is -0.240. The van der Waals surface area contributed by atoms with Gasteiger partial charge in [0, 0.05) is 15.7 Å². The van der Waals surface area contributed by atoms with Crippen molar-refractivity contribution in [3.63, 3.8) is 0 Å². The minimum absolute atomic E-state index is 0.240. The second-order valence-electron chi connectivity index (χ2n) is 2.79. The van der Waals surface area contributed by atoms with Gasteiger partial charge in [0.25, 0.3) is 0 Å². The first-order valence-corrected chi connectivity index (χ1v) is 4.67. The highest BCUT2D eigenvalue weighted by atomic mass is 127. The lowest BCUT2D eigenvalue weighted by Crippen LogP contribution is -2.12. The molecule has 1 aromatic rings.